The number of para-hydroxylation sites is 1. The number of carbonyl (C=O) groups excluding carboxylic acids is 2. The Bertz CT molecular complexity index is 929. The number of amides is 1. The molecule has 2 aromatic carbocycles. The highest BCUT2D eigenvalue weighted by atomic mass is 32.2. The highest BCUT2D eigenvalue weighted by Gasteiger charge is 2.22. The molecule has 5 heteroatoms. The minimum absolute atomic E-state index is 0.463. The molecule has 0 atom stereocenters. The fraction of sp³-hybridized carbons (Fsp3) is 0.238. The number of benzene rings is 2. The Balaban J connectivity index is 1.51. The third kappa shape index (κ3) is 4.17. The first kappa shape index (κ1) is 18.3. The van der Waals surface area contributed by atoms with Gasteiger partial charge in [-0.15, -0.1) is 0 Å². The van der Waals surface area contributed by atoms with Gasteiger partial charge in [-0.1, -0.05) is 48.0 Å². The van der Waals surface area contributed by atoms with E-state index in [4.69, 9.17) is 0 Å². The predicted octanol–water partition coefficient (Wildman–Crippen LogP) is 4.02. The van der Waals surface area contributed by atoms with Gasteiger partial charge >= 0.3 is 0 Å². The second-order valence-electron chi connectivity index (χ2n) is 6.29. The van der Waals surface area contributed by atoms with Crippen molar-refractivity contribution in [2.45, 2.75) is 19.6 Å². The van der Waals surface area contributed by atoms with Crippen molar-refractivity contribution < 1.29 is 9.59 Å². The van der Waals surface area contributed by atoms with Crippen molar-refractivity contribution >= 4 is 34.4 Å². The molecular formula is C21H22N2O2S. The Hall–Kier alpha value is -2.53. The number of hydrogen-bond donors (Lipinski definition) is 2. The molecule has 1 heterocycles. The average Bonchev–Trinajstić information content (AvgIpc) is 2.97. The lowest BCUT2D eigenvalue weighted by molar-refractivity contribution is -0.116. The molecule has 0 radical (unpaired) electrons. The van der Waals surface area contributed by atoms with Gasteiger partial charge in [-0.25, -0.2) is 0 Å². The van der Waals surface area contributed by atoms with Crippen LogP contribution in [0.3, 0.4) is 0 Å². The van der Waals surface area contributed by atoms with E-state index in [0.717, 1.165) is 28.1 Å². The maximum atomic E-state index is 12.5. The van der Waals surface area contributed by atoms with E-state index < -0.39 is 11.7 Å². The number of carbonyl (C=O) groups is 2. The van der Waals surface area contributed by atoms with Gasteiger partial charge in [0.25, 0.3) is 11.7 Å². The second kappa shape index (κ2) is 8.23. The van der Waals surface area contributed by atoms with Crippen LogP contribution in [0, 0.1) is 13.8 Å². The normalized spacial score (nSPS) is 10.8. The molecule has 0 bridgehead atoms. The molecule has 26 heavy (non-hydrogen) atoms. The van der Waals surface area contributed by atoms with Gasteiger partial charge in [-0.2, -0.15) is 11.8 Å². The minimum atomic E-state index is -0.547. The zero-order chi connectivity index (χ0) is 18.5. The van der Waals surface area contributed by atoms with E-state index in [0.29, 0.717) is 12.1 Å². The lowest BCUT2D eigenvalue weighted by Gasteiger charge is -2.05. The minimum Gasteiger partial charge on any atom is -0.358 e. The van der Waals surface area contributed by atoms with Gasteiger partial charge in [0.1, 0.15) is 0 Å². The molecule has 0 aliphatic carbocycles. The Morgan fingerprint density at radius 1 is 1.04 bits per heavy atom. The van der Waals surface area contributed by atoms with E-state index in [-0.39, 0.29) is 0 Å². The highest BCUT2D eigenvalue weighted by Crippen LogP contribution is 2.22. The SMILES string of the molecule is Cc1ccc(CSCCNC(=O)C(=O)c2c(C)[nH]c3ccccc23)cc1. The molecule has 0 aliphatic rings. The Morgan fingerprint density at radius 3 is 2.54 bits per heavy atom. The number of hydrogen-bond acceptors (Lipinski definition) is 3. The molecule has 4 nitrogen and oxygen atoms in total. The summed E-state index contributed by atoms with van der Waals surface area (Å²) in [5.74, 6) is 0.628. The summed E-state index contributed by atoms with van der Waals surface area (Å²) in [7, 11) is 0. The monoisotopic (exact) mass is 366 g/mol. The summed E-state index contributed by atoms with van der Waals surface area (Å²) in [4.78, 5) is 27.9. The van der Waals surface area contributed by atoms with Gasteiger partial charge in [-0.05, 0) is 25.5 Å². The fourth-order valence-corrected chi connectivity index (χ4v) is 3.69. The van der Waals surface area contributed by atoms with Gasteiger partial charge in [0.05, 0.1) is 5.56 Å². The van der Waals surface area contributed by atoms with Gasteiger partial charge < -0.3 is 10.3 Å². The molecule has 0 unspecified atom stereocenters. The first-order chi connectivity index (χ1) is 12.6. The lowest BCUT2D eigenvalue weighted by atomic mass is 10.1. The number of aromatic nitrogens is 1. The summed E-state index contributed by atoms with van der Waals surface area (Å²) in [5, 5.41) is 3.53. The van der Waals surface area contributed by atoms with E-state index in [1.807, 2.05) is 31.2 Å². The molecule has 3 aromatic rings. The molecule has 2 N–H and O–H groups in total. The average molecular weight is 366 g/mol. The van der Waals surface area contributed by atoms with Crippen LogP contribution in [0.25, 0.3) is 10.9 Å². The zero-order valence-corrected chi connectivity index (χ0v) is 15.8. The summed E-state index contributed by atoms with van der Waals surface area (Å²) in [6.45, 7) is 4.36. The highest BCUT2D eigenvalue weighted by molar-refractivity contribution is 7.98. The number of thioether (sulfide) groups is 1. The molecule has 0 saturated heterocycles. The molecule has 0 aliphatic heterocycles. The van der Waals surface area contributed by atoms with Crippen molar-refractivity contribution in [2.75, 3.05) is 12.3 Å². The van der Waals surface area contributed by atoms with E-state index in [1.54, 1.807) is 11.8 Å². The summed E-state index contributed by atoms with van der Waals surface area (Å²) >= 11 is 1.74. The topological polar surface area (TPSA) is 62.0 Å². The van der Waals surface area contributed by atoms with Crippen LogP contribution < -0.4 is 5.32 Å². The molecule has 1 amide bonds. The Morgan fingerprint density at radius 2 is 1.77 bits per heavy atom. The standard InChI is InChI=1S/C21H22N2O2S/c1-14-7-9-16(10-8-14)13-26-12-11-22-21(25)20(24)19-15(2)23-18-6-4-3-5-17(18)19/h3-10,23H,11-13H2,1-2H3,(H,22,25). The van der Waals surface area contributed by atoms with Gasteiger partial charge in [-0.3, -0.25) is 9.59 Å². The largest absolute Gasteiger partial charge is 0.358 e. The predicted molar refractivity (Wildman–Crippen MR) is 108 cm³/mol. The van der Waals surface area contributed by atoms with Crippen LogP contribution in [0.5, 0.6) is 0 Å². The van der Waals surface area contributed by atoms with Crippen LogP contribution in [0.4, 0.5) is 0 Å². The number of aryl methyl sites for hydroxylation is 2. The smallest absolute Gasteiger partial charge is 0.292 e. The van der Waals surface area contributed by atoms with Crippen LogP contribution in [-0.2, 0) is 10.5 Å². The van der Waals surface area contributed by atoms with E-state index in [9.17, 15) is 9.59 Å². The maximum Gasteiger partial charge on any atom is 0.292 e. The third-order valence-electron chi connectivity index (χ3n) is 4.25. The van der Waals surface area contributed by atoms with Gasteiger partial charge in [0, 0.05) is 34.6 Å². The molecule has 0 spiro atoms. The van der Waals surface area contributed by atoms with Crippen LogP contribution in [0.1, 0.15) is 27.2 Å². The molecular weight excluding hydrogens is 344 g/mol. The van der Waals surface area contributed by atoms with Crippen molar-refractivity contribution in [3.8, 4) is 0 Å². The number of ketones is 1. The number of Topliss-reactive ketones (excluding diaryl/α,β-unsaturated/α-hetero) is 1. The van der Waals surface area contributed by atoms with Crippen LogP contribution in [0.2, 0.25) is 0 Å². The number of H-pyrrole nitrogens is 1. The van der Waals surface area contributed by atoms with Gasteiger partial charge in [0.15, 0.2) is 0 Å². The summed E-state index contributed by atoms with van der Waals surface area (Å²) in [6.07, 6.45) is 0. The zero-order valence-electron chi connectivity index (χ0n) is 15.0. The van der Waals surface area contributed by atoms with Crippen molar-refractivity contribution in [2.24, 2.45) is 0 Å². The number of nitrogens with one attached hydrogen (secondary N) is 2. The van der Waals surface area contributed by atoms with E-state index in [1.165, 1.54) is 11.1 Å². The lowest BCUT2D eigenvalue weighted by Crippen LogP contribution is -2.32. The second-order valence-corrected chi connectivity index (χ2v) is 7.40. The Kier molecular flexibility index (Phi) is 5.78. The van der Waals surface area contributed by atoms with Crippen LogP contribution in [0.15, 0.2) is 48.5 Å². The van der Waals surface area contributed by atoms with Crippen molar-refractivity contribution in [3.05, 3.63) is 70.9 Å². The quantitative estimate of drug-likeness (QED) is 0.377. The maximum absolute atomic E-state index is 12.5. The van der Waals surface area contributed by atoms with Crippen molar-refractivity contribution in [1.29, 1.82) is 0 Å². The first-order valence-corrected chi connectivity index (χ1v) is 9.75. The molecule has 134 valence electrons. The molecule has 1 aromatic heterocycles. The first-order valence-electron chi connectivity index (χ1n) is 8.59. The van der Waals surface area contributed by atoms with Crippen LogP contribution in [-0.4, -0.2) is 29.0 Å². The molecule has 0 fully saturated rings. The molecule has 3 rings (SSSR count). The molecule has 0 saturated carbocycles. The summed E-state index contributed by atoms with van der Waals surface area (Å²) in [6, 6.07) is 16.0. The van der Waals surface area contributed by atoms with Crippen molar-refractivity contribution in [3.63, 3.8) is 0 Å². The van der Waals surface area contributed by atoms with Crippen LogP contribution >= 0.6 is 11.8 Å². The van der Waals surface area contributed by atoms with Gasteiger partial charge in [0.2, 0.25) is 0 Å². The van der Waals surface area contributed by atoms with Crippen molar-refractivity contribution in [1.82, 2.24) is 10.3 Å². The Labute approximate surface area is 157 Å². The summed E-state index contributed by atoms with van der Waals surface area (Å²) in [5.41, 5.74) is 4.56. The third-order valence-corrected chi connectivity index (χ3v) is 5.28. The fourth-order valence-electron chi connectivity index (χ4n) is 2.87. The van der Waals surface area contributed by atoms with E-state index in [2.05, 4.69) is 41.5 Å². The number of fused-ring (bicyclic) bond motifs is 1. The summed E-state index contributed by atoms with van der Waals surface area (Å²) < 4.78 is 0. The van der Waals surface area contributed by atoms with E-state index >= 15 is 0 Å². The number of rotatable bonds is 7. The number of aromatic amines is 1.